The number of aliphatic hydroxyl groups is 1. The molecule has 0 spiro atoms. The van der Waals surface area contributed by atoms with Gasteiger partial charge in [-0.25, -0.2) is 8.42 Å². The van der Waals surface area contributed by atoms with E-state index >= 15 is 0 Å². The summed E-state index contributed by atoms with van der Waals surface area (Å²) in [6.07, 6.45) is 0. The largest absolute Gasteiger partial charge is 0.493 e. The molecule has 8 heteroatoms. The average Bonchev–Trinajstić information content (AvgIpc) is 3.30. The van der Waals surface area contributed by atoms with Crippen LogP contribution in [0.25, 0.3) is 0 Å². The normalized spacial score (nSPS) is 21.1. The fraction of sp³-hybridized carbons (Fsp3) is 0.444. The van der Waals surface area contributed by atoms with Gasteiger partial charge in [0.2, 0.25) is 10.0 Å². The minimum absolute atomic E-state index is 0.00137. The van der Waals surface area contributed by atoms with E-state index in [1.807, 2.05) is 16.8 Å². The summed E-state index contributed by atoms with van der Waals surface area (Å²) in [4.78, 5) is 0.206. The quantitative estimate of drug-likeness (QED) is 0.810. The van der Waals surface area contributed by atoms with Crippen LogP contribution in [-0.2, 0) is 10.0 Å². The summed E-state index contributed by atoms with van der Waals surface area (Å²) in [7, 11) is -0.707. The van der Waals surface area contributed by atoms with Crippen molar-refractivity contribution in [2.75, 3.05) is 33.9 Å². The third kappa shape index (κ3) is 3.34. The molecule has 0 aliphatic carbocycles. The molecule has 1 aliphatic rings. The van der Waals surface area contributed by atoms with Gasteiger partial charge in [-0.3, -0.25) is 0 Å². The van der Waals surface area contributed by atoms with E-state index < -0.39 is 10.0 Å². The fourth-order valence-corrected chi connectivity index (χ4v) is 5.92. The van der Waals surface area contributed by atoms with E-state index in [-0.39, 0.29) is 23.3 Å². The second-order valence-electron chi connectivity index (χ2n) is 6.40. The zero-order valence-electron chi connectivity index (χ0n) is 15.0. The average molecular weight is 398 g/mol. The predicted octanol–water partition coefficient (Wildman–Crippen LogP) is 2.47. The molecule has 2 heterocycles. The molecule has 26 heavy (non-hydrogen) atoms. The topological polar surface area (TPSA) is 76.1 Å². The lowest BCUT2D eigenvalue weighted by atomic mass is 9.92. The molecular formula is C18H23NO5S2. The standard InChI is InChI=1S/C18H23NO5S2/c1-12-6-16(23-2)17(24-3)7-18(12)26(21,22)19-8-14(10-20)15(9-19)13-4-5-25-11-13/h4-7,11,14-15,20H,8-10H2,1-3H3/t14-,15-/m0/s1. The van der Waals surface area contributed by atoms with Crippen molar-refractivity contribution >= 4 is 21.4 Å². The lowest BCUT2D eigenvalue weighted by Gasteiger charge is -2.19. The first-order valence-electron chi connectivity index (χ1n) is 8.28. The smallest absolute Gasteiger partial charge is 0.243 e. The molecule has 3 rings (SSSR count). The maximum atomic E-state index is 13.3. The van der Waals surface area contributed by atoms with Gasteiger partial charge in [0.1, 0.15) is 0 Å². The molecular weight excluding hydrogens is 374 g/mol. The van der Waals surface area contributed by atoms with Crippen molar-refractivity contribution < 1.29 is 23.0 Å². The van der Waals surface area contributed by atoms with Gasteiger partial charge in [-0.1, -0.05) is 0 Å². The SMILES string of the molecule is COc1cc(C)c(S(=O)(=O)N2C[C@@H](CO)[C@H](c3ccsc3)C2)cc1OC. The highest BCUT2D eigenvalue weighted by Crippen LogP contribution is 2.39. The molecule has 142 valence electrons. The predicted molar refractivity (Wildman–Crippen MR) is 101 cm³/mol. The zero-order chi connectivity index (χ0) is 18.9. The van der Waals surface area contributed by atoms with Crippen molar-refractivity contribution in [1.29, 1.82) is 0 Å². The molecule has 1 aromatic carbocycles. The van der Waals surface area contributed by atoms with Crippen LogP contribution in [0.2, 0.25) is 0 Å². The number of methoxy groups -OCH3 is 2. The maximum Gasteiger partial charge on any atom is 0.243 e. The molecule has 0 unspecified atom stereocenters. The summed E-state index contributed by atoms with van der Waals surface area (Å²) in [5.74, 6) is 0.764. The highest BCUT2D eigenvalue weighted by molar-refractivity contribution is 7.89. The Balaban J connectivity index is 1.96. The fourth-order valence-electron chi connectivity index (χ4n) is 3.46. The lowest BCUT2D eigenvalue weighted by molar-refractivity contribution is 0.223. The summed E-state index contributed by atoms with van der Waals surface area (Å²) < 4.78 is 38.5. The van der Waals surface area contributed by atoms with Gasteiger partial charge in [-0.2, -0.15) is 15.6 Å². The van der Waals surface area contributed by atoms with Gasteiger partial charge >= 0.3 is 0 Å². The molecule has 0 saturated carbocycles. The summed E-state index contributed by atoms with van der Waals surface area (Å²) >= 11 is 1.58. The molecule has 0 radical (unpaired) electrons. The molecule has 0 amide bonds. The first kappa shape index (κ1) is 19.2. The molecule has 6 nitrogen and oxygen atoms in total. The van der Waals surface area contributed by atoms with Crippen LogP contribution in [0.15, 0.2) is 33.9 Å². The molecule has 1 saturated heterocycles. The first-order valence-corrected chi connectivity index (χ1v) is 10.7. The maximum absolute atomic E-state index is 13.3. The summed E-state index contributed by atoms with van der Waals surface area (Å²) in [6, 6.07) is 5.17. The Kier molecular flexibility index (Phi) is 5.57. The van der Waals surface area contributed by atoms with E-state index in [4.69, 9.17) is 9.47 Å². The van der Waals surface area contributed by atoms with Gasteiger partial charge in [0.05, 0.1) is 19.1 Å². The van der Waals surface area contributed by atoms with Crippen LogP contribution in [-0.4, -0.2) is 51.7 Å². The molecule has 1 aliphatic heterocycles. The van der Waals surface area contributed by atoms with Crippen molar-refractivity contribution in [3.05, 3.63) is 40.1 Å². The Hall–Kier alpha value is -1.61. The first-order chi connectivity index (χ1) is 12.4. The monoisotopic (exact) mass is 397 g/mol. The Morgan fingerprint density at radius 3 is 2.50 bits per heavy atom. The number of ether oxygens (including phenoxy) is 2. The molecule has 0 bridgehead atoms. The second-order valence-corrected chi connectivity index (χ2v) is 9.09. The van der Waals surface area contributed by atoms with Crippen molar-refractivity contribution in [2.45, 2.75) is 17.7 Å². The van der Waals surface area contributed by atoms with Gasteiger partial charge in [-0.05, 0) is 40.9 Å². The van der Waals surface area contributed by atoms with E-state index in [2.05, 4.69) is 0 Å². The van der Waals surface area contributed by atoms with Crippen LogP contribution in [0.1, 0.15) is 17.0 Å². The Labute approximate surface area is 158 Å². The third-order valence-corrected chi connectivity index (χ3v) is 7.59. The van der Waals surface area contributed by atoms with E-state index in [0.717, 1.165) is 5.56 Å². The molecule has 1 fully saturated rings. The van der Waals surface area contributed by atoms with Crippen molar-refractivity contribution in [1.82, 2.24) is 4.31 Å². The van der Waals surface area contributed by atoms with Gasteiger partial charge in [-0.15, -0.1) is 0 Å². The summed E-state index contributed by atoms with van der Waals surface area (Å²) in [6.45, 7) is 2.35. The number of aliphatic hydroxyl groups excluding tert-OH is 1. The zero-order valence-corrected chi connectivity index (χ0v) is 16.6. The molecule has 1 aromatic heterocycles. The summed E-state index contributed by atoms with van der Waals surface area (Å²) in [5.41, 5.74) is 1.68. The van der Waals surface area contributed by atoms with Crippen LogP contribution in [0.4, 0.5) is 0 Å². The Bertz CT molecular complexity index is 864. The van der Waals surface area contributed by atoms with Gasteiger partial charge < -0.3 is 14.6 Å². The molecule has 1 N–H and O–H groups in total. The van der Waals surface area contributed by atoms with Crippen molar-refractivity contribution in [3.8, 4) is 11.5 Å². The van der Waals surface area contributed by atoms with E-state index in [1.165, 1.54) is 24.6 Å². The molecule has 2 atom stereocenters. The second kappa shape index (κ2) is 7.56. The number of thiophene rings is 1. The number of sulfonamides is 1. The number of rotatable bonds is 6. The number of benzene rings is 1. The number of hydrogen-bond acceptors (Lipinski definition) is 6. The van der Waals surface area contributed by atoms with Crippen molar-refractivity contribution in [2.24, 2.45) is 5.92 Å². The highest BCUT2D eigenvalue weighted by Gasteiger charge is 2.40. The minimum atomic E-state index is -3.70. The highest BCUT2D eigenvalue weighted by atomic mass is 32.2. The van der Waals surface area contributed by atoms with Crippen LogP contribution in [0.5, 0.6) is 11.5 Å². The summed E-state index contributed by atoms with van der Waals surface area (Å²) in [5, 5.41) is 13.7. The van der Waals surface area contributed by atoms with Crippen LogP contribution in [0, 0.1) is 12.8 Å². The van der Waals surface area contributed by atoms with Crippen molar-refractivity contribution in [3.63, 3.8) is 0 Å². The third-order valence-electron chi connectivity index (χ3n) is 4.91. The Morgan fingerprint density at radius 2 is 1.92 bits per heavy atom. The van der Waals surface area contributed by atoms with Gasteiger partial charge in [0.15, 0.2) is 11.5 Å². The lowest BCUT2D eigenvalue weighted by Crippen LogP contribution is -2.30. The Morgan fingerprint density at radius 1 is 1.23 bits per heavy atom. The molecule has 2 aromatic rings. The van der Waals surface area contributed by atoms with Gasteiger partial charge in [0.25, 0.3) is 0 Å². The number of aryl methyl sites for hydroxylation is 1. The van der Waals surface area contributed by atoms with E-state index in [9.17, 15) is 13.5 Å². The van der Waals surface area contributed by atoms with Crippen LogP contribution >= 0.6 is 11.3 Å². The minimum Gasteiger partial charge on any atom is -0.493 e. The number of nitrogens with zero attached hydrogens (tertiary/aromatic N) is 1. The van der Waals surface area contributed by atoms with Crippen LogP contribution in [0.3, 0.4) is 0 Å². The van der Waals surface area contributed by atoms with E-state index in [1.54, 1.807) is 24.3 Å². The van der Waals surface area contributed by atoms with Gasteiger partial charge in [0, 0.05) is 37.6 Å². The van der Waals surface area contributed by atoms with E-state index in [0.29, 0.717) is 30.2 Å². The van der Waals surface area contributed by atoms with Crippen LogP contribution < -0.4 is 9.47 Å². The number of hydrogen-bond donors (Lipinski definition) is 1.